The molecule has 0 bridgehead atoms. The second kappa shape index (κ2) is 7.18. The minimum Gasteiger partial charge on any atom is -0.356 e. The van der Waals surface area contributed by atoms with Gasteiger partial charge in [-0.3, -0.25) is 14.5 Å². The van der Waals surface area contributed by atoms with Crippen LogP contribution in [0.15, 0.2) is 23.1 Å². The van der Waals surface area contributed by atoms with Crippen molar-refractivity contribution >= 4 is 5.91 Å². The standard InChI is InChI=1S/C20H24N6O2/c1-12-9-22-16(11-21-12)20(27)26-8-6-5-7-17(26)18-15(10-23-25(18)4)19-13(2)14(3)24-28-19/h9-11,17H,5-8H2,1-4H3/t17-/m0/s1. The minimum absolute atomic E-state index is 0.100. The number of likely N-dealkylation sites (tertiary alicyclic amines) is 1. The van der Waals surface area contributed by atoms with Crippen molar-refractivity contribution in [3.8, 4) is 11.3 Å². The summed E-state index contributed by atoms with van der Waals surface area (Å²) in [6, 6.07) is -0.100. The molecule has 0 aromatic carbocycles. The van der Waals surface area contributed by atoms with Crippen LogP contribution in [0.4, 0.5) is 0 Å². The molecule has 3 aromatic heterocycles. The zero-order valence-electron chi connectivity index (χ0n) is 16.6. The van der Waals surface area contributed by atoms with Crippen LogP contribution in [-0.4, -0.2) is 42.3 Å². The Morgan fingerprint density at radius 2 is 1.96 bits per heavy atom. The third kappa shape index (κ3) is 3.08. The average molecular weight is 380 g/mol. The summed E-state index contributed by atoms with van der Waals surface area (Å²) < 4.78 is 7.43. The molecule has 1 amide bonds. The van der Waals surface area contributed by atoms with Gasteiger partial charge in [0.15, 0.2) is 5.76 Å². The van der Waals surface area contributed by atoms with Crippen molar-refractivity contribution in [1.29, 1.82) is 0 Å². The lowest BCUT2D eigenvalue weighted by molar-refractivity contribution is 0.0595. The molecule has 28 heavy (non-hydrogen) atoms. The first-order valence-corrected chi connectivity index (χ1v) is 9.52. The van der Waals surface area contributed by atoms with E-state index in [1.165, 1.54) is 0 Å². The molecule has 0 radical (unpaired) electrons. The van der Waals surface area contributed by atoms with Crippen molar-refractivity contribution in [2.75, 3.05) is 6.54 Å². The van der Waals surface area contributed by atoms with Crippen LogP contribution in [0.1, 0.15) is 58.4 Å². The molecule has 146 valence electrons. The molecule has 1 aliphatic heterocycles. The maximum Gasteiger partial charge on any atom is 0.274 e. The number of nitrogens with zero attached hydrogens (tertiary/aromatic N) is 6. The van der Waals surface area contributed by atoms with Gasteiger partial charge in [0.25, 0.3) is 5.91 Å². The number of aromatic nitrogens is 5. The third-order valence-electron chi connectivity index (χ3n) is 5.47. The molecule has 0 saturated carbocycles. The van der Waals surface area contributed by atoms with E-state index in [0.29, 0.717) is 18.0 Å². The number of rotatable bonds is 3. The topological polar surface area (TPSA) is 89.9 Å². The highest BCUT2D eigenvalue weighted by Crippen LogP contribution is 2.38. The van der Waals surface area contributed by atoms with Crippen molar-refractivity contribution in [2.45, 2.75) is 46.1 Å². The van der Waals surface area contributed by atoms with E-state index < -0.39 is 0 Å². The van der Waals surface area contributed by atoms with Gasteiger partial charge in [-0.1, -0.05) is 5.16 Å². The fraction of sp³-hybridized carbons (Fsp3) is 0.450. The Balaban J connectivity index is 1.75. The van der Waals surface area contributed by atoms with E-state index in [-0.39, 0.29) is 11.9 Å². The predicted molar refractivity (Wildman–Crippen MR) is 103 cm³/mol. The highest BCUT2D eigenvalue weighted by molar-refractivity contribution is 5.92. The van der Waals surface area contributed by atoms with Gasteiger partial charge < -0.3 is 9.42 Å². The number of aryl methyl sites for hydroxylation is 3. The van der Waals surface area contributed by atoms with Crippen molar-refractivity contribution in [3.63, 3.8) is 0 Å². The van der Waals surface area contributed by atoms with Crippen LogP contribution < -0.4 is 0 Å². The van der Waals surface area contributed by atoms with Crippen molar-refractivity contribution < 1.29 is 9.32 Å². The monoisotopic (exact) mass is 380 g/mol. The van der Waals surface area contributed by atoms with E-state index in [1.807, 2.05) is 37.4 Å². The fourth-order valence-electron chi connectivity index (χ4n) is 3.79. The fourth-order valence-corrected chi connectivity index (χ4v) is 3.79. The molecule has 0 unspecified atom stereocenters. The van der Waals surface area contributed by atoms with Crippen LogP contribution in [0.25, 0.3) is 11.3 Å². The minimum atomic E-state index is -0.102. The van der Waals surface area contributed by atoms with E-state index in [9.17, 15) is 4.79 Å². The Morgan fingerprint density at radius 1 is 1.14 bits per heavy atom. The quantitative estimate of drug-likeness (QED) is 0.693. The Bertz CT molecular complexity index is 1000. The van der Waals surface area contributed by atoms with Gasteiger partial charge in [-0.25, -0.2) is 4.98 Å². The molecule has 1 atom stereocenters. The van der Waals surface area contributed by atoms with Gasteiger partial charge in [-0.15, -0.1) is 0 Å². The van der Waals surface area contributed by atoms with Crippen molar-refractivity contribution in [3.05, 3.63) is 46.9 Å². The zero-order chi connectivity index (χ0) is 19.8. The lowest BCUT2D eigenvalue weighted by atomic mass is 9.95. The smallest absolute Gasteiger partial charge is 0.274 e. The predicted octanol–water partition coefficient (Wildman–Crippen LogP) is 3.16. The Kier molecular flexibility index (Phi) is 4.70. The van der Waals surface area contributed by atoms with E-state index in [0.717, 1.165) is 47.5 Å². The first kappa shape index (κ1) is 18.3. The molecule has 1 aliphatic rings. The molecule has 0 spiro atoms. The normalized spacial score (nSPS) is 17.1. The van der Waals surface area contributed by atoms with Gasteiger partial charge in [0.2, 0.25) is 0 Å². The molecule has 4 rings (SSSR count). The van der Waals surface area contributed by atoms with Gasteiger partial charge in [-0.05, 0) is 40.0 Å². The van der Waals surface area contributed by atoms with E-state index in [1.54, 1.807) is 18.6 Å². The number of piperidine rings is 1. The highest BCUT2D eigenvalue weighted by atomic mass is 16.5. The van der Waals surface area contributed by atoms with Gasteiger partial charge in [0.05, 0.1) is 41.1 Å². The summed E-state index contributed by atoms with van der Waals surface area (Å²) in [5.41, 5.74) is 4.86. The van der Waals surface area contributed by atoms with Crippen LogP contribution >= 0.6 is 0 Å². The largest absolute Gasteiger partial charge is 0.356 e. The summed E-state index contributed by atoms with van der Waals surface area (Å²) in [5.74, 6) is 0.614. The van der Waals surface area contributed by atoms with Gasteiger partial charge in [-0.2, -0.15) is 5.10 Å². The number of carbonyl (C=O) groups excluding carboxylic acids is 1. The second-order valence-corrected chi connectivity index (χ2v) is 7.34. The van der Waals surface area contributed by atoms with E-state index in [2.05, 4.69) is 20.2 Å². The summed E-state index contributed by atoms with van der Waals surface area (Å²) in [4.78, 5) is 23.6. The molecular formula is C20H24N6O2. The first-order valence-electron chi connectivity index (χ1n) is 9.52. The number of amides is 1. The second-order valence-electron chi connectivity index (χ2n) is 7.34. The number of hydrogen-bond donors (Lipinski definition) is 0. The van der Waals surface area contributed by atoms with Crippen LogP contribution in [0.5, 0.6) is 0 Å². The molecule has 1 fully saturated rings. The third-order valence-corrected chi connectivity index (χ3v) is 5.47. The molecule has 8 nitrogen and oxygen atoms in total. The van der Waals surface area contributed by atoms with Gasteiger partial charge in [0, 0.05) is 25.4 Å². The Labute approximate surface area is 163 Å². The first-order chi connectivity index (χ1) is 13.5. The number of hydrogen-bond acceptors (Lipinski definition) is 6. The van der Waals surface area contributed by atoms with Crippen LogP contribution in [0.3, 0.4) is 0 Å². The summed E-state index contributed by atoms with van der Waals surface area (Å²) in [6.07, 6.45) is 7.86. The summed E-state index contributed by atoms with van der Waals surface area (Å²) >= 11 is 0. The lowest BCUT2D eigenvalue weighted by Gasteiger charge is -2.36. The van der Waals surface area contributed by atoms with E-state index >= 15 is 0 Å². The Morgan fingerprint density at radius 3 is 2.64 bits per heavy atom. The summed E-state index contributed by atoms with van der Waals surface area (Å²) in [6.45, 7) is 6.45. The van der Waals surface area contributed by atoms with Crippen LogP contribution in [-0.2, 0) is 7.05 Å². The van der Waals surface area contributed by atoms with Gasteiger partial charge in [0.1, 0.15) is 5.69 Å². The SMILES string of the molecule is Cc1cnc(C(=O)N2CCCC[C@H]2c2c(-c3onc(C)c3C)cnn2C)cn1. The molecule has 0 aliphatic carbocycles. The molecule has 3 aromatic rings. The maximum atomic E-state index is 13.2. The molecule has 1 saturated heterocycles. The summed E-state index contributed by atoms with van der Waals surface area (Å²) in [5, 5.41) is 8.55. The van der Waals surface area contributed by atoms with Crippen molar-refractivity contribution in [1.82, 2.24) is 29.8 Å². The van der Waals surface area contributed by atoms with E-state index in [4.69, 9.17) is 4.52 Å². The molecule has 4 heterocycles. The van der Waals surface area contributed by atoms with Crippen LogP contribution in [0, 0.1) is 20.8 Å². The highest BCUT2D eigenvalue weighted by Gasteiger charge is 2.34. The Hall–Kier alpha value is -3.03. The van der Waals surface area contributed by atoms with Gasteiger partial charge >= 0.3 is 0 Å². The number of carbonyl (C=O) groups is 1. The lowest BCUT2D eigenvalue weighted by Crippen LogP contribution is -2.40. The average Bonchev–Trinajstić information content (AvgIpc) is 3.24. The van der Waals surface area contributed by atoms with Crippen LogP contribution in [0.2, 0.25) is 0 Å². The molecule has 8 heteroatoms. The maximum absolute atomic E-state index is 13.2. The van der Waals surface area contributed by atoms with Crippen molar-refractivity contribution in [2.24, 2.45) is 7.05 Å². The summed E-state index contributed by atoms with van der Waals surface area (Å²) in [7, 11) is 1.90. The molecular weight excluding hydrogens is 356 g/mol. The zero-order valence-corrected chi connectivity index (χ0v) is 16.6. The molecule has 0 N–H and O–H groups in total.